The summed E-state index contributed by atoms with van der Waals surface area (Å²) < 4.78 is 6.08. The highest BCUT2D eigenvalue weighted by Crippen LogP contribution is 2.48. The third-order valence-electron chi connectivity index (χ3n) is 5.33. The zero-order valence-electron chi connectivity index (χ0n) is 11.6. The van der Waals surface area contributed by atoms with E-state index in [0.717, 1.165) is 19.1 Å². The first-order valence-electron chi connectivity index (χ1n) is 7.86. The molecule has 0 aromatic heterocycles. The quantitative estimate of drug-likeness (QED) is 0.825. The number of hydrogen-bond acceptors (Lipinski definition) is 2. The van der Waals surface area contributed by atoms with Gasteiger partial charge in [0, 0.05) is 18.8 Å². The van der Waals surface area contributed by atoms with E-state index in [0.29, 0.717) is 0 Å². The van der Waals surface area contributed by atoms with Crippen molar-refractivity contribution >= 4 is 5.69 Å². The maximum atomic E-state index is 6.08. The fraction of sp³-hybridized carbons (Fsp3) is 0.647. The first-order valence-corrected chi connectivity index (χ1v) is 7.86. The van der Waals surface area contributed by atoms with Crippen LogP contribution in [0.4, 0.5) is 5.69 Å². The number of hydrogen-bond donors (Lipinski definition) is 1. The molecular formula is C17H23NO. The molecule has 0 bridgehead atoms. The molecule has 1 aromatic rings. The van der Waals surface area contributed by atoms with E-state index in [1.54, 1.807) is 11.1 Å². The number of ether oxygens (including phenoxy) is 1. The monoisotopic (exact) mass is 257 g/mol. The highest BCUT2D eigenvalue weighted by Gasteiger charge is 2.43. The average Bonchev–Trinajstić information content (AvgIpc) is 2.45. The smallest absolute Gasteiger partial charge is 0.0688 e. The van der Waals surface area contributed by atoms with Crippen molar-refractivity contribution in [2.75, 3.05) is 18.5 Å². The molecule has 4 rings (SSSR count). The van der Waals surface area contributed by atoms with E-state index in [1.165, 1.54) is 50.6 Å². The van der Waals surface area contributed by atoms with Crippen molar-refractivity contribution in [3.63, 3.8) is 0 Å². The molecule has 1 unspecified atom stereocenters. The summed E-state index contributed by atoms with van der Waals surface area (Å²) in [4.78, 5) is 0. The van der Waals surface area contributed by atoms with Gasteiger partial charge in [-0.2, -0.15) is 0 Å². The van der Waals surface area contributed by atoms with Gasteiger partial charge in [0.05, 0.1) is 5.60 Å². The lowest BCUT2D eigenvalue weighted by molar-refractivity contribution is -0.133. The third-order valence-corrected chi connectivity index (χ3v) is 5.33. The molecule has 0 radical (unpaired) electrons. The molecule has 1 saturated heterocycles. The summed E-state index contributed by atoms with van der Waals surface area (Å²) in [6.07, 6.45) is 8.93. The van der Waals surface area contributed by atoms with Crippen molar-refractivity contribution in [2.45, 2.75) is 56.5 Å². The molecule has 2 nitrogen and oxygen atoms in total. The Morgan fingerprint density at radius 2 is 2.16 bits per heavy atom. The summed E-state index contributed by atoms with van der Waals surface area (Å²) >= 11 is 0. The van der Waals surface area contributed by atoms with Crippen LogP contribution in [0.2, 0.25) is 0 Å². The lowest BCUT2D eigenvalue weighted by Gasteiger charge is -2.47. The molecular weight excluding hydrogens is 234 g/mol. The van der Waals surface area contributed by atoms with Crippen molar-refractivity contribution in [1.29, 1.82) is 0 Å². The zero-order valence-corrected chi connectivity index (χ0v) is 11.6. The SMILES string of the molecule is c1cc2c(c(C3CCOC4(CCC4)C3)c1)CCCN2. The molecule has 0 amide bonds. The van der Waals surface area contributed by atoms with Gasteiger partial charge in [0.25, 0.3) is 0 Å². The van der Waals surface area contributed by atoms with E-state index in [9.17, 15) is 0 Å². The molecule has 2 aliphatic heterocycles. The number of fused-ring (bicyclic) bond motifs is 1. The van der Waals surface area contributed by atoms with Gasteiger partial charge in [0.2, 0.25) is 0 Å². The summed E-state index contributed by atoms with van der Waals surface area (Å²) in [5, 5.41) is 3.56. The van der Waals surface area contributed by atoms with Crippen LogP contribution in [0.3, 0.4) is 0 Å². The minimum Gasteiger partial charge on any atom is -0.385 e. The van der Waals surface area contributed by atoms with Crippen molar-refractivity contribution in [3.8, 4) is 0 Å². The standard InChI is InChI=1S/C17H23NO/c1-4-14(15-5-2-10-18-16(15)6-1)13-7-11-19-17(12-13)8-3-9-17/h1,4,6,13,18H,2-3,5,7-12H2. The van der Waals surface area contributed by atoms with Crippen LogP contribution in [0.25, 0.3) is 0 Å². The Balaban J connectivity index is 1.64. The summed E-state index contributed by atoms with van der Waals surface area (Å²) in [5.74, 6) is 0.726. The number of rotatable bonds is 1. The number of benzene rings is 1. The summed E-state index contributed by atoms with van der Waals surface area (Å²) in [6.45, 7) is 2.09. The highest BCUT2D eigenvalue weighted by molar-refractivity contribution is 5.57. The van der Waals surface area contributed by atoms with Gasteiger partial charge in [0.15, 0.2) is 0 Å². The van der Waals surface area contributed by atoms with E-state index in [4.69, 9.17) is 4.74 Å². The largest absolute Gasteiger partial charge is 0.385 e. The second-order valence-corrected chi connectivity index (χ2v) is 6.48. The lowest BCUT2D eigenvalue weighted by Crippen LogP contribution is -2.45. The second kappa shape index (κ2) is 4.52. The van der Waals surface area contributed by atoms with E-state index >= 15 is 0 Å². The van der Waals surface area contributed by atoms with Gasteiger partial charge in [-0.3, -0.25) is 0 Å². The molecule has 2 fully saturated rings. The molecule has 1 aromatic carbocycles. The highest BCUT2D eigenvalue weighted by atomic mass is 16.5. The Bertz CT molecular complexity index is 478. The molecule has 2 heterocycles. The van der Waals surface area contributed by atoms with E-state index in [1.807, 2.05) is 0 Å². The van der Waals surface area contributed by atoms with Crippen LogP contribution in [0.1, 0.15) is 55.6 Å². The number of nitrogens with one attached hydrogen (secondary N) is 1. The van der Waals surface area contributed by atoms with Gasteiger partial charge < -0.3 is 10.1 Å². The van der Waals surface area contributed by atoms with Gasteiger partial charge >= 0.3 is 0 Å². The van der Waals surface area contributed by atoms with Crippen LogP contribution in [0, 0.1) is 0 Å². The molecule has 1 aliphatic carbocycles. The zero-order chi connectivity index (χ0) is 12.7. The number of anilines is 1. The van der Waals surface area contributed by atoms with Gasteiger partial charge in [-0.15, -0.1) is 0 Å². The van der Waals surface area contributed by atoms with E-state index < -0.39 is 0 Å². The molecule has 1 spiro atoms. The second-order valence-electron chi connectivity index (χ2n) is 6.48. The third kappa shape index (κ3) is 1.97. The molecule has 1 N–H and O–H groups in total. The molecule has 19 heavy (non-hydrogen) atoms. The Kier molecular flexibility index (Phi) is 2.80. The van der Waals surface area contributed by atoms with Crippen LogP contribution < -0.4 is 5.32 Å². The average molecular weight is 257 g/mol. The van der Waals surface area contributed by atoms with Gasteiger partial charge in [-0.1, -0.05) is 12.1 Å². The topological polar surface area (TPSA) is 21.3 Å². The lowest BCUT2D eigenvalue weighted by atomic mass is 9.70. The van der Waals surface area contributed by atoms with E-state index in [-0.39, 0.29) is 5.60 Å². The Labute approximate surface area is 115 Å². The molecule has 102 valence electrons. The fourth-order valence-electron chi connectivity index (χ4n) is 4.13. The van der Waals surface area contributed by atoms with Crippen LogP contribution in [0.15, 0.2) is 18.2 Å². The maximum Gasteiger partial charge on any atom is 0.0688 e. The molecule has 3 aliphatic rings. The van der Waals surface area contributed by atoms with Crippen LogP contribution in [0.5, 0.6) is 0 Å². The predicted molar refractivity (Wildman–Crippen MR) is 77.8 cm³/mol. The Hall–Kier alpha value is -1.02. The van der Waals surface area contributed by atoms with Crippen molar-refractivity contribution in [3.05, 3.63) is 29.3 Å². The van der Waals surface area contributed by atoms with Crippen molar-refractivity contribution in [1.82, 2.24) is 0 Å². The summed E-state index contributed by atoms with van der Waals surface area (Å²) in [5.41, 5.74) is 4.85. The van der Waals surface area contributed by atoms with Crippen LogP contribution in [-0.4, -0.2) is 18.8 Å². The fourth-order valence-corrected chi connectivity index (χ4v) is 4.13. The summed E-state index contributed by atoms with van der Waals surface area (Å²) in [6, 6.07) is 6.85. The first-order chi connectivity index (χ1) is 9.36. The van der Waals surface area contributed by atoms with Crippen LogP contribution >= 0.6 is 0 Å². The predicted octanol–water partition coefficient (Wildman–Crippen LogP) is 3.86. The van der Waals surface area contributed by atoms with E-state index in [2.05, 4.69) is 23.5 Å². The molecule has 1 saturated carbocycles. The minimum absolute atomic E-state index is 0.258. The van der Waals surface area contributed by atoms with Gasteiger partial charge in [0.1, 0.15) is 0 Å². The Morgan fingerprint density at radius 1 is 1.21 bits per heavy atom. The maximum absolute atomic E-state index is 6.08. The summed E-state index contributed by atoms with van der Waals surface area (Å²) in [7, 11) is 0. The van der Waals surface area contributed by atoms with Gasteiger partial charge in [-0.25, -0.2) is 0 Å². The molecule has 2 heteroatoms. The Morgan fingerprint density at radius 3 is 3.00 bits per heavy atom. The normalized spacial score (nSPS) is 28.3. The van der Waals surface area contributed by atoms with Crippen LogP contribution in [-0.2, 0) is 11.2 Å². The van der Waals surface area contributed by atoms with Crippen molar-refractivity contribution in [2.24, 2.45) is 0 Å². The molecule has 1 atom stereocenters. The minimum atomic E-state index is 0.258. The van der Waals surface area contributed by atoms with Crippen molar-refractivity contribution < 1.29 is 4.74 Å². The first kappa shape index (κ1) is 11.8. The van der Waals surface area contributed by atoms with Gasteiger partial charge in [-0.05, 0) is 68.1 Å².